The van der Waals surface area contributed by atoms with Crippen molar-refractivity contribution in [1.29, 1.82) is 0 Å². The summed E-state index contributed by atoms with van der Waals surface area (Å²) in [5, 5.41) is 27.4. The van der Waals surface area contributed by atoms with Gasteiger partial charge in [-0.1, -0.05) is 0 Å². The molecule has 0 aliphatic rings. The molecule has 0 aliphatic carbocycles. The summed E-state index contributed by atoms with van der Waals surface area (Å²) >= 11 is 0. The van der Waals surface area contributed by atoms with Gasteiger partial charge in [0.25, 0.3) is 0 Å². The van der Waals surface area contributed by atoms with Crippen LogP contribution in [-0.4, -0.2) is 33.4 Å². The van der Waals surface area contributed by atoms with Crippen LogP contribution in [0.4, 0.5) is 0 Å². The highest BCUT2D eigenvalue weighted by molar-refractivity contribution is 5.92. The van der Waals surface area contributed by atoms with E-state index in [0.717, 1.165) is 0 Å². The number of carboxylic acid groups (broad SMARTS) is 1. The van der Waals surface area contributed by atoms with Crippen molar-refractivity contribution in [3.63, 3.8) is 0 Å². The van der Waals surface area contributed by atoms with Crippen LogP contribution in [0, 0.1) is 0 Å². The number of hydrogen-bond donors (Lipinski definition) is 3. The van der Waals surface area contributed by atoms with Crippen molar-refractivity contribution in [1.82, 2.24) is 0 Å². The number of carboxylic acids is 1. The fourth-order valence-electron chi connectivity index (χ4n) is 1.43. The molecule has 0 saturated heterocycles. The maximum absolute atomic E-state index is 11.9. The summed E-state index contributed by atoms with van der Waals surface area (Å²) in [7, 11) is 0. The topological polar surface area (TPSA) is 104 Å². The summed E-state index contributed by atoms with van der Waals surface area (Å²) < 4.78 is 5.03. The van der Waals surface area contributed by atoms with Gasteiger partial charge in [0.1, 0.15) is 11.5 Å². The number of carbonyl (C=O) groups is 2. The SMILES string of the molecule is CC(C(=O)O)=C(CC(C)O)OC(=O)c1ccc(O)cc1. The number of benzene rings is 1. The predicted molar refractivity (Wildman–Crippen MR) is 70.2 cm³/mol. The van der Waals surface area contributed by atoms with E-state index in [2.05, 4.69) is 0 Å². The molecule has 0 saturated carbocycles. The molecule has 6 nitrogen and oxygen atoms in total. The van der Waals surface area contributed by atoms with Crippen molar-refractivity contribution in [2.24, 2.45) is 0 Å². The van der Waals surface area contributed by atoms with Gasteiger partial charge in [0.15, 0.2) is 0 Å². The van der Waals surface area contributed by atoms with E-state index >= 15 is 0 Å². The van der Waals surface area contributed by atoms with Gasteiger partial charge in [0.05, 0.1) is 17.2 Å². The van der Waals surface area contributed by atoms with Gasteiger partial charge in [0.2, 0.25) is 0 Å². The third kappa shape index (κ3) is 4.40. The highest BCUT2D eigenvalue weighted by Crippen LogP contribution is 2.17. The molecular weight excluding hydrogens is 264 g/mol. The lowest BCUT2D eigenvalue weighted by atomic mass is 10.1. The van der Waals surface area contributed by atoms with Crippen LogP contribution in [0.5, 0.6) is 5.75 Å². The quantitative estimate of drug-likeness (QED) is 0.430. The van der Waals surface area contributed by atoms with Gasteiger partial charge >= 0.3 is 11.9 Å². The molecular formula is C14H16O6. The maximum atomic E-state index is 11.9. The molecule has 20 heavy (non-hydrogen) atoms. The second-order valence-corrected chi connectivity index (χ2v) is 4.34. The van der Waals surface area contributed by atoms with Gasteiger partial charge in [-0.2, -0.15) is 0 Å². The summed E-state index contributed by atoms with van der Waals surface area (Å²) in [6.45, 7) is 2.76. The van der Waals surface area contributed by atoms with E-state index in [0.29, 0.717) is 0 Å². The fraction of sp³-hybridized carbons (Fsp3) is 0.286. The van der Waals surface area contributed by atoms with Crippen molar-refractivity contribution in [2.75, 3.05) is 0 Å². The summed E-state index contributed by atoms with van der Waals surface area (Å²) in [6, 6.07) is 5.35. The van der Waals surface area contributed by atoms with Crippen molar-refractivity contribution in [3.8, 4) is 5.75 Å². The predicted octanol–water partition coefficient (Wildman–Crippen LogP) is 1.68. The van der Waals surface area contributed by atoms with Crippen molar-refractivity contribution in [2.45, 2.75) is 26.4 Å². The van der Waals surface area contributed by atoms with Gasteiger partial charge in [-0.25, -0.2) is 9.59 Å². The Balaban J connectivity index is 2.95. The molecule has 6 heteroatoms. The minimum Gasteiger partial charge on any atom is -0.508 e. The summed E-state index contributed by atoms with van der Waals surface area (Å²) in [4.78, 5) is 22.8. The van der Waals surface area contributed by atoms with E-state index in [1.165, 1.54) is 38.1 Å². The summed E-state index contributed by atoms with van der Waals surface area (Å²) in [6.07, 6.45) is -0.922. The summed E-state index contributed by atoms with van der Waals surface area (Å²) in [5.74, 6) is -2.06. The lowest BCUT2D eigenvalue weighted by molar-refractivity contribution is -0.132. The molecule has 0 radical (unpaired) electrons. The number of phenols is 1. The molecule has 0 fully saturated rings. The first-order valence-electron chi connectivity index (χ1n) is 5.93. The van der Waals surface area contributed by atoms with E-state index < -0.39 is 18.0 Å². The van der Waals surface area contributed by atoms with Gasteiger partial charge in [-0.05, 0) is 38.1 Å². The number of aromatic hydroxyl groups is 1. The maximum Gasteiger partial charge on any atom is 0.343 e. The van der Waals surface area contributed by atoms with Crippen molar-refractivity contribution < 1.29 is 29.6 Å². The average molecular weight is 280 g/mol. The zero-order valence-corrected chi connectivity index (χ0v) is 11.2. The molecule has 1 aromatic carbocycles. The molecule has 1 rings (SSSR count). The minimum absolute atomic E-state index is 0.00279. The van der Waals surface area contributed by atoms with Crippen LogP contribution in [0.3, 0.4) is 0 Å². The van der Waals surface area contributed by atoms with Crippen LogP contribution >= 0.6 is 0 Å². The Morgan fingerprint density at radius 3 is 2.25 bits per heavy atom. The van der Waals surface area contributed by atoms with E-state index in [4.69, 9.17) is 14.9 Å². The van der Waals surface area contributed by atoms with Gasteiger partial charge in [-0.15, -0.1) is 0 Å². The molecule has 0 bridgehead atoms. The molecule has 108 valence electrons. The fourth-order valence-corrected chi connectivity index (χ4v) is 1.43. The average Bonchev–Trinajstić information content (AvgIpc) is 2.37. The Hall–Kier alpha value is -2.34. The lowest BCUT2D eigenvalue weighted by Crippen LogP contribution is -2.14. The van der Waals surface area contributed by atoms with Gasteiger partial charge in [-0.3, -0.25) is 0 Å². The van der Waals surface area contributed by atoms with Crippen LogP contribution in [-0.2, 0) is 9.53 Å². The van der Waals surface area contributed by atoms with E-state index in [9.17, 15) is 14.7 Å². The number of phenolic OH excluding ortho intramolecular Hbond substituents is 1. The smallest absolute Gasteiger partial charge is 0.343 e. The lowest BCUT2D eigenvalue weighted by Gasteiger charge is -2.12. The minimum atomic E-state index is -1.22. The van der Waals surface area contributed by atoms with Crippen LogP contribution in [0.25, 0.3) is 0 Å². The monoisotopic (exact) mass is 280 g/mol. The van der Waals surface area contributed by atoms with Crippen LogP contribution in [0.2, 0.25) is 0 Å². The number of rotatable bonds is 5. The number of aliphatic hydroxyl groups is 1. The zero-order chi connectivity index (χ0) is 15.3. The number of hydrogen-bond acceptors (Lipinski definition) is 5. The van der Waals surface area contributed by atoms with E-state index in [1.807, 2.05) is 0 Å². The number of aliphatic hydroxyl groups excluding tert-OH is 1. The molecule has 0 aromatic heterocycles. The molecule has 1 aromatic rings. The molecule has 0 aliphatic heterocycles. The van der Waals surface area contributed by atoms with Gasteiger partial charge in [0, 0.05) is 6.42 Å². The first-order chi connectivity index (χ1) is 9.31. The normalized spacial score (nSPS) is 13.3. The third-order valence-electron chi connectivity index (χ3n) is 2.54. The second kappa shape index (κ2) is 6.72. The number of esters is 1. The Labute approximate surface area is 115 Å². The standard InChI is InChI=1S/C14H16O6/c1-8(15)7-12(9(2)13(17)18)20-14(19)10-3-5-11(16)6-4-10/h3-6,8,15-16H,7H2,1-2H3,(H,17,18). The highest BCUT2D eigenvalue weighted by Gasteiger charge is 2.18. The van der Waals surface area contributed by atoms with E-state index in [-0.39, 0.29) is 29.1 Å². The Kier molecular flexibility index (Phi) is 5.28. The Bertz CT molecular complexity index is 527. The first kappa shape index (κ1) is 15.7. The van der Waals surface area contributed by atoms with Gasteiger partial charge < -0.3 is 20.1 Å². The van der Waals surface area contributed by atoms with Crippen LogP contribution in [0.1, 0.15) is 30.6 Å². The highest BCUT2D eigenvalue weighted by atomic mass is 16.5. The first-order valence-corrected chi connectivity index (χ1v) is 5.93. The van der Waals surface area contributed by atoms with Crippen LogP contribution in [0.15, 0.2) is 35.6 Å². The van der Waals surface area contributed by atoms with Crippen molar-refractivity contribution in [3.05, 3.63) is 41.2 Å². The van der Waals surface area contributed by atoms with E-state index in [1.54, 1.807) is 0 Å². The molecule has 3 N–H and O–H groups in total. The number of aliphatic carboxylic acids is 1. The second-order valence-electron chi connectivity index (χ2n) is 4.34. The molecule has 0 heterocycles. The third-order valence-corrected chi connectivity index (χ3v) is 2.54. The zero-order valence-electron chi connectivity index (χ0n) is 11.2. The Morgan fingerprint density at radius 2 is 1.80 bits per heavy atom. The van der Waals surface area contributed by atoms with Crippen LogP contribution < -0.4 is 0 Å². The molecule has 1 unspecified atom stereocenters. The number of ether oxygens (including phenoxy) is 1. The molecule has 0 amide bonds. The Morgan fingerprint density at radius 1 is 1.25 bits per heavy atom. The molecule has 0 spiro atoms. The largest absolute Gasteiger partial charge is 0.508 e. The van der Waals surface area contributed by atoms with Crippen molar-refractivity contribution >= 4 is 11.9 Å². The number of carbonyl (C=O) groups excluding carboxylic acids is 1. The molecule has 1 atom stereocenters. The summed E-state index contributed by atoms with van der Waals surface area (Å²) in [5.41, 5.74) is 0.0297.